The maximum atomic E-state index is 9.04. The molecule has 1 unspecified atom stereocenters. The maximum absolute atomic E-state index is 9.04. The number of rotatable bonds is 2. The molecule has 1 atom stereocenters. The Balaban J connectivity index is 2.30. The molecule has 1 fully saturated rings. The van der Waals surface area contributed by atoms with Crippen molar-refractivity contribution in [1.82, 2.24) is 5.32 Å². The molecule has 0 radical (unpaired) electrons. The Labute approximate surface area is 120 Å². The molecule has 4 nitrogen and oxygen atoms in total. The number of anilines is 1. The molecular weight excluding hydrogens is 248 g/mol. The Hall–Kier alpha value is -2.04. The quantitative estimate of drug-likeness (QED) is 0.893. The summed E-state index contributed by atoms with van der Waals surface area (Å²) in [5, 5.41) is 21.4. The molecule has 1 heterocycles. The van der Waals surface area contributed by atoms with Crippen molar-refractivity contribution in [3.8, 4) is 12.1 Å². The molecule has 0 amide bonds. The van der Waals surface area contributed by atoms with Crippen molar-refractivity contribution in [1.29, 1.82) is 10.5 Å². The molecule has 0 saturated carbocycles. The lowest BCUT2D eigenvalue weighted by molar-refractivity contribution is 0.369. The lowest BCUT2D eigenvalue weighted by Gasteiger charge is -2.35. The Kier molecular flexibility index (Phi) is 4.27. The van der Waals surface area contributed by atoms with E-state index in [0.29, 0.717) is 12.0 Å². The van der Waals surface area contributed by atoms with Gasteiger partial charge in [0, 0.05) is 25.3 Å². The normalized spacial score (nSPS) is 21.6. The van der Waals surface area contributed by atoms with E-state index in [1.165, 1.54) is 0 Å². The van der Waals surface area contributed by atoms with Crippen LogP contribution >= 0.6 is 0 Å². The average molecular weight is 268 g/mol. The lowest BCUT2D eigenvalue weighted by atomic mass is 9.92. The van der Waals surface area contributed by atoms with Gasteiger partial charge in [0.05, 0.1) is 30.2 Å². The van der Waals surface area contributed by atoms with Gasteiger partial charge < -0.3 is 10.2 Å². The van der Waals surface area contributed by atoms with Crippen LogP contribution in [0.1, 0.15) is 25.8 Å². The van der Waals surface area contributed by atoms with Crippen molar-refractivity contribution < 1.29 is 0 Å². The first-order valence-corrected chi connectivity index (χ1v) is 6.90. The highest BCUT2D eigenvalue weighted by Gasteiger charge is 2.30. The monoisotopic (exact) mass is 268 g/mol. The smallest absolute Gasteiger partial charge is 0.0991 e. The standard InChI is InChI=1S/C16H20N4/c1-16(2)11-19-10-15(7-8-17)20(12-16)14-5-3-13(9-18)4-6-14/h3-6,15,19H,7,10-12H2,1-2H3. The molecule has 0 aliphatic carbocycles. The number of hydrogen-bond acceptors (Lipinski definition) is 4. The summed E-state index contributed by atoms with van der Waals surface area (Å²) in [7, 11) is 0. The van der Waals surface area contributed by atoms with E-state index >= 15 is 0 Å². The van der Waals surface area contributed by atoms with Crippen LogP contribution in [0.5, 0.6) is 0 Å². The van der Waals surface area contributed by atoms with Crippen LogP contribution < -0.4 is 10.2 Å². The van der Waals surface area contributed by atoms with E-state index < -0.39 is 0 Å². The minimum absolute atomic E-state index is 0.151. The van der Waals surface area contributed by atoms with E-state index in [0.717, 1.165) is 25.3 Å². The fourth-order valence-corrected chi connectivity index (χ4v) is 2.65. The molecule has 0 aromatic heterocycles. The van der Waals surface area contributed by atoms with Gasteiger partial charge in [0.15, 0.2) is 0 Å². The second-order valence-electron chi connectivity index (χ2n) is 6.10. The van der Waals surface area contributed by atoms with Crippen LogP contribution in [0.25, 0.3) is 0 Å². The van der Waals surface area contributed by atoms with Gasteiger partial charge in [-0.05, 0) is 29.7 Å². The lowest BCUT2D eigenvalue weighted by Crippen LogP contribution is -2.41. The third-order valence-corrected chi connectivity index (χ3v) is 3.68. The molecule has 2 rings (SSSR count). The Morgan fingerprint density at radius 3 is 2.60 bits per heavy atom. The van der Waals surface area contributed by atoms with Crippen LogP contribution in [0.3, 0.4) is 0 Å². The fourth-order valence-electron chi connectivity index (χ4n) is 2.65. The molecule has 1 aromatic carbocycles. The summed E-state index contributed by atoms with van der Waals surface area (Å²) >= 11 is 0. The van der Waals surface area contributed by atoms with Crippen LogP contribution in [0.15, 0.2) is 24.3 Å². The van der Waals surface area contributed by atoms with Gasteiger partial charge in [0.1, 0.15) is 0 Å². The van der Waals surface area contributed by atoms with Gasteiger partial charge in [0.25, 0.3) is 0 Å². The first kappa shape index (κ1) is 14.4. The zero-order valence-electron chi connectivity index (χ0n) is 12.1. The zero-order chi connectivity index (χ0) is 14.6. The number of nitriles is 2. The summed E-state index contributed by atoms with van der Waals surface area (Å²) in [5.41, 5.74) is 1.90. The summed E-state index contributed by atoms with van der Waals surface area (Å²) in [5.74, 6) is 0. The topological polar surface area (TPSA) is 62.9 Å². The van der Waals surface area contributed by atoms with E-state index in [2.05, 4.69) is 36.2 Å². The van der Waals surface area contributed by atoms with Crippen molar-refractivity contribution in [2.75, 3.05) is 24.5 Å². The molecule has 1 aliphatic rings. The molecular formula is C16H20N4. The highest BCUT2D eigenvalue weighted by molar-refractivity contribution is 5.51. The average Bonchev–Trinajstić information content (AvgIpc) is 2.58. The Morgan fingerprint density at radius 1 is 1.30 bits per heavy atom. The highest BCUT2D eigenvalue weighted by Crippen LogP contribution is 2.27. The first-order chi connectivity index (χ1) is 9.55. The Bertz CT molecular complexity index is 533. The molecule has 0 bridgehead atoms. The predicted octanol–water partition coefficient (Wildman–Crippen LogP) is 2.28. The predicted molar refractivity (Wildman–Crippen MR) is 79.2 cm³/mol. The summed E-state index contributed by atoms with van der Waals surface area (Å²) in [6, 6.07) is 12.2. The number of nitrogens with zero attached hydrogens (tertiary/aromatic N) is 3. The molecule has 1 saturated heterocycles. The summed E-state index contributed by atoms with van der Waals surface area (Å²) in [4.78, 5) is 2.30. The number of hydrogen-bond donors (Lipinski definition) is 1. The van der Waals surface area contributed by atoms with Gasteiger partial charge in [-0.1, -0.05) is 13.8 Å². The SMILES string of the molecule is CC1(C)CNCC(CC#N)N(c2ccc(C#N)cc2)C1. The largest absolute Gasteiger partial charge is 0.366 e. The Morgan fingerprint density at radius 2 is 2.00 bits per heavy atom. The van der Waals surface area contributed by atoms with Gasteiger partial charge in [-0.2, -0.15) is 10.5 Å². The third kappa shape index (κ3) is 3.29. The maximum Gasteiger partial charge on any atom is 0.0991 e. The minimum atomic E-state index is 0.151. The number of benzene rings is 1. The molecule has 1 N–H and O–H groups in total. The van der Waals surface area contributed by atoms with Crippen LogP contribution in [-0.4, -0.2) is 25.7 Å². The van der Waals surface area contributed by atoms with E-state index in [4.69, 9.17) is 10.5 Å². The van der Waals surface area contributed by atoms with E-state index in [1.54, 1.807) is 0 Å². The van der Waals surface area contributed by atoms with Gasteiger partial charge >= 0.3 is 0 Å². The second-order valence-corrected chi connectivity index (χ2v) is 6.10. The summed E-state index contributed by atoms with van der Waals surface area (Å²) < 4.78 is 0. The van der Waals surface area contributed by atoms with Crippen molar-refractivity contribution in [3.63, 3.8) is 0 Å². The molecule has 4 heteroatoms. The summed E-state index contributed by atoms with van der Waals surface area (Å²) in [6.45, 7) is 7.12. The van der Waals surface area contributed by atoms with E-state index in [-0.39, 0.29) is 11.5 Å². The molecule has 20 heavy (non-hydrogen) atoms. The number of nitrogens with one attached hydrogen (secondary N) is 1. The van der Waals surface area contributed by atoms with Crippen molar-refractivity contribution in [2.45, 2.75) is 26.3 Å². The first-order valence-electron chi connectivity index (χ1n) is 6.90. The second kappa shape index (κ2) is 5.94. The zero-order valence-corrected chi connectivity index (χ0v) is 12.1. The van der Waals surface area contributed by atoms with Crippen LogP contribution in [-0.2, 0) is 0 Å². The van der Waals surface area contributed by atoms with Crippen LogP contribution in [0.2, 0.25) is 0 Å². The van der Waals surface area contributed by atoms with Gasteiger partial charge in [-0.25, -0.2) is 0 Å². The third-order valence-electron chi connectivity index (χ3n) is 3.68. The van der Waals surface area contributed by atoms with Gasteiger partial charge in [0.2, 0.25) is 0 Å². The van der Waals surface area contributed by atoms with Crippen molar-refractivity contribution in [3.05, 3.63) is 29.8 Å². The van der Waals surface area contributed by atoms with Crippen molar-refractivity contribution >= 4 is 5.69 Å². The molecule has 104 valence electrons. The molecule has 1 aromatic rings. The highest BCUT2D eigenvalue weighted by atomic mass is 15.2. The van der Waals surface area contributed by atoms with Gasteiger partial charge in [-0.15, -0.1) is 0 Å². The van der Waals surface area contributed by atoms with Crippen LogP contribution in [0.4, 0.5) is 5.69 Å². The van der Waals surface area contributed by atoms with E-state index in [1.807, 2.05) is 24.3 Å². The molecule has 0 spiro atoms. The summed E-state index contributed by atoms with van der Waals surface area (Å²) in [6.07, 6.45) is 0.503. The van der Waals surface area contributed by atoms with E-state index in [9.17, 15) is 0 Å². The minimum Gasteiger partial charge on any atom is -0.366 e. The van der Waals surface area contributed by atoms with Crippen LogP contribution in [0, 0.1) is 28.1 Å². The van der Waals surface area contributed by atoms with Gasteiger partial charge in [-0.3, -0.25) is 0 Å². The van der Waals surface area contributed by atoms with Crippen molar-refractivity contribution in [2.24, 2.45) is 5.41 Å². The molecule has 1 aliphatic heterocycles. The fraction of sp³-hybridized carbons (Fsp3) is 0.500.